The van der Waals surface area contributed by atoms with Gasteiger partial charge >= 0.3 is 126 Å². The van der Waals surface area contributed by atoms with Gasteiger partial charge in [0.1, 0.15) is 11.4 Å². The van der Waals surface area contributed by atoms with Crippen molar-refractivity contribution in [2.24, 2.45) is 5.92 Å². The van der Waals surface area contributed by atoms with E-state index in [1.165, 1.54) is 23.3 Å². The molecule has 0 atom stereocenters. The third kappa shape index (κ3) is 8.19. The van der Waals surface area contributed by atoms with Gasteiger partial charge in [0.15, 0.2) is 0 Å². The van der Waals surface area contributed by atoms with Crippen LogP contribution in [0.15, 0.2) is 89.6 Å². The second kappa shape index (κ2) is 14.1. The molecule has 0 amide bonds. The van der Waals surface area contributed by atoms with E-state index < -0.39 is 13.3 Å². The molecule has 0 saturated carbocycles. The van der Waals surface area contributed by atoms with Gasteiger partial charge in [-0.15, -0.1) is 18.2 Å². The van der Waals surface area contributed by atoms with Crippen molar-refractivity contribution in [1.82, 2.24) is 9.97 Å². The molecule has 0 fully saturated rings. The number of hydrogen-bond acceptors (Lipinski definition) is 3. The van der Waals surface area contributed by atoms with Gasteiger partial charge in [-0.1, -0.05) is 37.8 Å². The van der Waals surface area contributed by atoms with Gasteiger partial charge in [-0.2, -0.15) is 0 Å². The maximum Gasteiger partial charge on any atom is 0 e. The zero-order valence-electron chi connectivity index (χ0n) is 27.4. The minimum Gasteiger partial charge on any atom is 0 e. The van der Waals surface area contributed by atoms with E-state index in [0.29, 0.717) is 17.1 Å². The van der Waals surface area contributed by atoms with E-state index >= 15 is 0 Å². The van der Waals surface area contributed by atoms with Crippen molar-refractivity contribution in [1.29, 1.82) is 0 Å². The average molecular weight is 838 g/mol. The van der Waals surface area contributed by atoms with Gasteiger partial charge in [0.25, 0.3) is 0 Å². The molecule has 0 aliphatic heterocycles. The van der Waals surface area contributed by atoms with E-state index in [-0.39, 0.29) is 31.3 Å². The summed E-state index contributed by atoms with van der Waals surface area (Å²) in [5, 5.41) is 1.84. The predicted octanol–water partition coefficient (Wildman–Crippen LogP) is 10.2. The number of benzene rings is 3. The minimum atomic E-state index is -1.86. The Morgan fingerprint density at radius 1 is 0.867 bits per heavy atom. The standard InChI is InChI=1S/C21H17FNO.C18H24GeN.Ir/c1-21(2,3)13-9-10-23-18(11-13)17-6-4-5-16-15-8-7-14(22)12-19(15)24-20(16)17;1-14(2)11-16-12-18(15-9-7-6-8-10-15)20-13-17(16)19(3,4)5;/h4-5,7-12H,1-3H3;6-9,12-14H,11H2,1-5H3;/q2*-1;. The Kier molecular flexibility index (Phi) is 10.9. The molecule has 0 N–H and O–H groups in total. The molecule has 0 spiro atoms. The number of fused-ring (bicyclic) bond motifs is 3. The summed E-state index contributed by atoms with van der Waals surface area (Å²) >= 11 is -1.86. The second-order valence-electron chi connectivity index (χ2n) is 13.9. The van der Waals surface area contributed by atoms with Crippen LogP contribution in [-0.4, -0.2) is 23.2 Å². The van der Waals surface area contributed by atoms with Crippen LogP contribution in [0.25, 0.3) is 44.5 Å². The number of pyridine rings is 2. The molecule has 0 bridgehead atoms. The summed E-state index contributed by atoms with van der Waals surface area (Å²) in [5.74, 6) is 7.69. The first-order valence-corrected chi connectivity index (χ1v) is 22.6. The Hall–Kier alpha value is -3.12. The maximum atomic E-state index is 13.5. The zero-order valence-corrected chi connectivity index (χ0v) is 31.9. The van der Waals surface area contributed by atoms with Crippen molar-refractivity contribution in [3.8, 4) is 22.5 Å². The van der Waals surface area contributed by atoms with Crippen LogP contribution >= 0.6 is 0 Å². The molecule has 0 aliphatic carbocycles. The molecular formula is C39H41FGeIrN2O-2. The number of aromatic nitrogens is 2. The van der Waals surface area contributed by atoms with Crippen molar-refractivity contribution in [2.45, 2.75) is 63.7 Å². The molecule has 3 aromatic heterocycles. The first-order chi connectivity index (χ1) is 20.8. The van der Waals surface area contributed by atoms with Gasteiger partial charge in [0.05, 0.1) is 5.58 Å². The predicted molar refractivity (Wildman–Crippen MR) is 184 cm³/mol. The van der Waals surface area contributed by atoms with Gasteiger partial charge < -0.3 is 9.40 Å². The molecular weight excluding hydrogens is 796 g/mol. The van der Waals surface area contributed by atoms with Crippen LogP contribution in [-0.2, 0) is 31.9 Å². The van der Waals surface area contributed by atoms with Gasteiger partial charge in [0.2, 0.25) is 0 Å². The molecule has 3 aromatic carbocycles. The second-order valence-corrected chi connectivity index (χ2v) is 24.4. The maximum absolute atomic E-state index is 13.5. The Morgan fingerprint density at radius 3 is 2.31 bits per heavy atom. The molecule has 235 valence electrons. The molecule has 0 saturated heterocycles. The molecule has 6 aromatic rings. The van der Waals surface area contributed by atoms with E-state index in [1.807, 2.05) is 42.6 Å². The largest absolute Gasteiger partial charge is 0 e. The fraction of sp³-hybridized carbons (Fsp3) is 0.282. The number of nitrogens with zero attached hydrogens (tertiary/aromatic N) is 2. The van der Waals surface area contributed by atoms with E-state index in [4.69, 9.17) is 9.40 Å². The summed E-state index contributed by atoms with van der Waals surface area (Å²) in [7, 11) is 0. The van der Waals surface area contributed by atoms with Crippen LogP contribution in [0, 0.1) is 23.9 Å². The summed E-state index contributed by atoms with van der Waals surface area (Å²) in [6.45, 7) is 11.1. The molecule has 6 rings (SSSR count). The fourth-order valence-electron chi connectivity index (χ4n) is 5.42. The van der Waals surface area contributed by atoms with Crippen LogP contribution in [0.3, 0.4) is 0 Å². The fourth-order valence-corrected chi connectivity index (χ4v) is 8.76. The summed E-state index contributed by atoms with van der Waals surface area (Å²) in [5.41, 5.74) is 7.71. The Bertz CT molecular complexity index is 1900. The van der Waals surface area contributed by atoms with Crippen molar-refractivity contribution in [3.63, 3.8) is 0 Å². The molecule has 0 unspecified atom stereocenters. The summed E-state index contributed by atoms with van der Waals surface area (Å²) < 4.78 is 21.0. The third-order valence-corrected chi connectivity index (χ3v) is 12.0. The number of rotatable bonds is 5. The summed E-state index contributed by atoms with van der Waals surface area (Å²) in [4.78, 5) is 9.19. The average Bonchev–Trinajstić information content (AvgIpc) is 3.34. The Morgan fingerprint density at radius 2 is 1.64 bits per heavy atom. The molecule has 6 heteroatoms. The van der Waals surface area contributed by atoms with Gasteiger partial charge in [-0.3, -0.25) is 0 Å². The van der Waals surface area contributed by atoms with Crippen molar-refractivity contribution < 1.29 is 28.9 Å². The van der Waals surface area contributed by atoms with Crippen LogP contribution in [0.5, 0.6) is 0 Å². The third-order valence-electron chi connectivity index (χ3n) is 7.69. The minimum absolute atomic E-state index is 0. The van der Waals surface area contributed by atoms with Crippen molar-refractivity contribution in [3.05, 3.63) is 114 Å². The first kappa shape index (κ1) is 34.7. The van der Waals surface area contributed by atoms with Crippen molar-refractivity contribution in [2.75, 3.05) is 0 Å². The monoisotopic (exact) mass is 839 g/mol. The van der Waals surface area contributed by atoms with E-state index in [2.05, 4.69) is 93.4 Å². The molecule has 0 aliphatic rings. The number of furan rings is 1. The van der Waals surface area contributed by atoms with Crippen LogP contribution in [0.2, 0.25) is 17.3 Å². The zero-order chi connectivity index (χ0) is 31.6. The van der Waals surface area contributed by atoms with Gasteiger partial charge in [0, 0.05) is 37.8 Å². The Labute approximate surface area is 283 Å². The van der Waals surface area contributed by atoms with Crippen LogP contribution in [0.4, 0.5) is 4.39 Å². The van der Waals surface area contributed by atoms with E-state index in [9.17, 15) is 4.39 Å². The summed E-state index contributed by atoms with van der Waals surface area (Å²) in [6, 6.07) is 29.4. The Balaban J connectivity index is 0.000000204. The van der Waals surface area contributed by atoms with Gasteiger partial charge in [-0.05, 0) is 34.9 Å². The smallest absolute Gasteiger partial charge is 0 e. The normalized spacial score (nSPS) is 11.8. The topological polar surface area (TPSA) is 38.9 Å². The number of halogens is 1. The molecule has 45 heavy (non-hydrogen) atoms. The SMILES string of the molecule is CC(C)(C)c1ccnc(-c2[c-]ccc3c2oc2cc(F)ccc23)c1.CC(C)Cc1cc(-c2[c-]cccc2)nc[c]1[Ge]([CH3])([CH3])[CH3].[Ir]. The van der Waals surface area contributed by atoms with Crippen LogP contribution < -0.4 is 4.40 Å². The van der Waals surface area contributed by atoms with Crippen LogP contribution in [0.1, 0.15) is 45.7 Å². The summed E-state index contributed by atoms with van der Waals surface area (Å²) in [6.07, 6.45) is 5.08. The molecule has 3 heterocycles. The van der Waals surface area contributed by atoms with Crippen molar-refractivity contribution >= 4 is 39.6 Å². The molecule has 1 radical (unpaired) electrons. The quantitative estimate of drug-likeness (QED) is 0.128. The van der Waals surface area contributed by atoms with Gasteiger partial charge in [-0.25, -0.2) is 4.39 Å². The first-order valence-electron chi connectivity index (χ1n) is 15.3. The van der Waals surface area contributed by atoms with E-state index in [1.54, 1.807) is 10.5 Å². The molecule has 3 nitrogen and oxygen atoms in total. The van der Waals surface area contributed by atoms with E-state index in [0.717, 1.165) is 39.7 Å². The number of hydrogen-bond donors (Lipinski definition) is 0.